The van der Waals surface area contributed by atoms with Crippen LogP contribution in [0, 0.1) is 0 Å². The second-order valence-corrected chi connectivity index (χ2v) is 3.63. The number of ether oxygens (including phenoxy) is 1. The number of hydrogen-bond donors (Lipinski definition) is 1. The molecule has 0 atom stereocenters. The Balaban J connectivity index is 2.14. The largest absolute Gasteiger partial charge is 0.507 e. The molecule has 1 aromatic heterocycles. The predicted molar refractivity (Wildman–Crippen MR) is 62.6 cm³/mol. The molecule has 0 spiro atoms. The Morgan fingerprint density at radius 3 is 3.12 bits per heavy atom. The maximum absolute atomic E-state index is 11.2. The lowest BCUT2D eigenvalue weighted by atomic mass is 10.2. The number of phenols is 1. The number of carbonyl (C=O) groups is 1. The Bertz CT molecular complexity index is 534. The second-order valence-electron chi connectivity index (χ2n) is 3.63. The summed E-state index contributed by atoms with van der Waals surface area (Å²) in [7, 11) is 0. The van der Waals surface area contributed by atoms with Gasteiger partial charge in [0.25, 0.3) is 0 Å². The van der Waals surface area contributed by atoms with Crippen molar-refractivity contribution in [2.24, 2.45) is 0 Å². The lowest BCUT2D eigenvalue weighted by Crippen LogP contribution is -2.09. The Morgan fingerprint density at radius 1 is 1.53 bits per heavy atom. The van der Waals surface area contributed by atoms with Gasteiger partial charge in [0.15, 0.2) is 0 Å². The van der Waals surface area contributed by atoms with Crippen LogP contribution in [0.3, 0.4) is 0 Å². The molecule has 0 saturated carbocycles. The molecule has 0 saturated heterocycles. The summed E-state index contributed by atoms with van der Waals surface area (Å²) in [6, 6.07) is 5.22. The van der Waals surface area contributed by atoms with Crippen molar-refractivity contribution >= 4 is 16.9 Å². The highest BCUT2D eigenvalue weighted by atomic mass is 16.5. The van der Waals surface area contributed by atoms with Crippen molar-refractivity contribution in [3.63, 3.8) is 0 Å². The Labute approximate surface area is 98.6 Å². The van der Waals surface area contributed by atoms with Crippen LogP contribution in [0.4, 0.5) is 0 Å². The van der Waals surface area contributed by atoms with Gasteiger partial charge in [0.05, 0.1) is 36.7 Å². The zero-order chi connectivity index (χ0) is 12.3. The molecule has 0 aliphatic heterocycles. The molecule has 0 fully saturated rings. The number of phenolic OH excluding ortho intramolecular Hbond substituents is 1. The fraction of sp³-hybridized carbons (Fsp3) is 0.333. The van der Waals surface area contributed by atoms with Gasteiger partial charge in [0.1, 0.15) is 5.75 Å². The van der Waals surface area contributed by atoms with E-state index in [0.717, 1.165) is 5.52 Å². The van der Waals surface area contributed by atoms with Crippen LogP contribution in [0.15, 0.2) is 24.4 Å². The predicted octanol–water partition coefficient (Wildman–Crippen LogP) is 1.70. The normalized spacial score (nSPS) is 10.6. The first-order valence-corrected chi connectivity index (χ1v) is 5.51. The molecular weight excluding hydrogens is 220 g/mol. The lowest BCUT2D eigenvalue weighted by Gasteiger charge is -2.03. The maximum atomic E-state index is 11.2. The van der Waals surface area contributed by atoms with Gasteiger partial charge in [-0.15, -0.1) is 0 Å². The average molecular weight is 234 g/mol. The molecule has 2 aromatic rings. The Hall–Kier alpha value is -2.04. The minimum absolute atomic E-state index is 0.199. The number of esters is 1. The zero-order valence-electron chi connectivity index (χ0n) is 9.59. The highest BCUT2D eigenvalue weighted by molar-refractivity contribution is 5.84. The summed E-state index contributed by atoms with van der Waals surface area (Å²) >= 11 is 0. The van der Waals surface area contributed by atoms with Crippen molar-refractivity contribution in [3.05, 3.63) is 24.4 Å². The molecule has 2 rings (SSSR count). The van der Waals surface area contributed by atoms with Crippen molar-refractivity contribution in [1.29, 1.82) is 0 Å². The molecule has 1 aromatic carbocycles. The molecule has 1 N–H and O–H groups in total. The van der Waals surface area contributed by atoms with Gasteiger partial charge in [-0.05, 0) is 19.1 Å². The number of hydrogen-bond acceptors (Lipinski definition) is 4. The van der Waals surface area contributed by atoms with Crippen molar-refractivity contribution in [3.8, 4) is 5.75 Å². The van der Waals surface area contributed by atoms with Crippen LogP contribution in [0.1, 0.15) is 13.3 Å². The molecule has 5 nitrogen and oxygen atoms in total. The van der Waals surface area contributed by atoms with Gasteiger partial charge in [-0.3, -0.25) is 9.48 Å². The fourth-order valence-corrected chi connectivity index (χ4v) is 1.70. The quantitative estimate of drug-likeness (QED) is 0.818. The standard InChI is InChI=1S/C12H14N2O3/c1-2-17-12(16)6-7-14-10-4-3-5-11(15)9(10)8-13-14/h3-5,8,15H,2,6-7H2,1H3. The molecule has 0 amide bonds. The number of benzene rings is 1. The van der Waals surface area contributed by atoms with Gasteiger partial charge in [-0.2, -0.15) is 5.10 Å². The number of aromatic nitrogens is 2. The van der Waals surface area contributed by atoms with Gasteiger partial charge in [0.2, 0.25) is 0 Å². The second kappa shape index (κ2) is 4.86. The molecular formula is C12H14N2O3. The van der Waals surface area contributed by atoms with E-state index < -0.39 is 0 Å². The molecule has 0 radical (unpaired) electrons. The van der Waals surface area contributed by atoms with E-state index in [9.17, 15) is 9.90 Å². The third kappa shape index (κ3) is 2.38. The van der Waals surface area contributed by atoms with E-state index in [4.69, 9.17) is 4.74 Å². The first-order chi connectivity index (χ1) is 8.22. The Morgan fingerprint density at radius 2 is 2.35 bits per heavy atom. The van der Waals surface area contributed by atoms with Crippen LogP contribution in [0.2, 0.25) is 0 Å². The third-order valence-corrected chi connectivity index (χ3v) is 2.50. The minimum atomic E-state index is -0.240. The van der Waals surface area contributed by atoms with Crippen LogP contribution >= 0.6 is 0 Å². The number of rotatable bonds is 4. The van der Waals surface area contributed by atoms with Crippen molar-refractivity contribution in [1.82, 2.24) is 9.78 Å². The number of aromatic hydroxyl groups is 1. The third-order valence-electron chi connectivity index (χ3n) is 2.50. The molecule has 5 heteroatoms. The number of fused-ring (bicyclic) bond motifs is 1. The summed E-state index contributed by atoms with van der Waals surface area (Å²) in [6.07, 6.45) is 1.87. The summed E-state index contributed by atoms with van der Waals surface area (Å²) in [5.74, 6) is -0.0406. The highest BCUT2D eigenvalue weighted by Gasteiger charge is 2.08. The van der Waals surface area contributed by atoms with Crippen LogP contribution in [0.5, 0.6) is 5.75 Å². The van der Waals surface area contributed by atoms with Crippen molar-refractivity contribution in [2.75, 3.05) is 6.61 Å². The van der Waals surface area contributed by atoms with E-state index in [0.29, 0.717) is 18.5 Å². The summed E-state index contributed by atoms with van der Waals surface area (Å²) in [5, 5.41) is 14.4. The lowest BCUT2D eigenvalue weighted by molar-refractivity contribution is -0.143. The molecule has 0 aliphatic rings. The first-order valence-electron chi connectivity index (χ1n) is 5.51. The minimum Gasteiger partial charge on any atom is -0.507 e. The topological polar surface area (TPSA) is 64.4 Å². The highest BCUT2D eigenvalue weighted by Crippen LogP contribution is 2.23. The summed E-state index contributed by atoms with van der Waals surface area (Å²) in [5.41, 5.74) is 0.814. The maximum Gasteiger partial charge on any atom is 0.307 e. The number of carbonyl (C=O) groups excluding carboxylic acids is 1. The zero-order valence-corrected chi connectivity index (χ0v) is 9.59. The molecule has 1 heterocycles. The average Bonchev–Trinajstić information content (AvgIpc) is 2.72. The Kier molecular flexibility index (Phi) is 3.27. The number of nitrogens with zero attached hydrogens (tertiary/aromatic N) is 2. The molecule has 90 valence electrons. The molecule has 0 unspecified atom stereocenters. The van der Waals surface area contributed by atoms with E-state index in [1.807, 2.05) is 6.07 Å². The van der Waals surface area contributed by atoms with Crippen LogP contribution in [0.25, 0.3) is 10.9 Å². The molecule has 17 heavy (non-hydrogen) atoms. The van der Waals surface area contributed by atoms with Crippen molar-refractivity contribution in [2.45, 2.75) is 19.9 Å². The van der Waals surface area contributed by atoms with Gasteiger partial charge < -0.3 is 9.84 Å². The van der Waals surface area contributed by atoms with E-state index in [1.54, 1.807) is 29.9 Å². The number of aryl methyl sites for hydroxylation is 1. The van der Waals surface area contributed by atoms with E-state index >= 15 is 0 Å². The van der Waals surface area contributed by atoms with Crippen LogP contribution in [-0.2, 0) is 16.1 Å². The van der Waals surface area contributed by atoms with Gasteiger partial charge in [-0.1, -0.05) is 6.07 Å². The fourth-order valence-electron chi connectivity index (χ4n) is 1.70. The smallest absolute Gasteiger partial charge is 0.307 e. The van der Waals surface area contributed by atoms with Gasteiger partial charge >= 0.3 is 5.97 Å². The van der Waals surface area contributed by atoms with E-state index in [1.165, 1.54) is 0 Å². The van der Waals surface area contributed by atoms with Gasteiger partial charge in [-0.25, -0.2) is 0 Å². The van der Waals surface area contributed by atoms with Crippen LogP contribution in [-0.4, -0.2) is 27.5 Å². The molecule has 0 bridgehead atoms. The van der Waals surface area contributed by atoms with Crippen LogP contribution < -0.4 is 0 Å². The molecule has 0 aliphatic carbocycles. The van der Waals surface area contributed by atoms with E-state index in [-0.39, 0.29) is 18.1 Å². The van der Waals surface area contributed by atoms with Crippen molar-refractivity contribution < 1.29 is 14.6 Å². The summed E-state index contributed by atoms with van der Waals surface area (Å²) in [6.45, 7) is 2.62. The summed E-state index contributed by atoms with van der Waals surface area (Å²) < 4.78 is 6.53. The SMILES string of the molecule is CCOC(=O)CCn1ncc2c(O)cccc21. The monoisotopic (exact) mass is 234 g/mol. The van der Waals surface area contributed by atoms with Gasteiger partial charge in [0, 0.05) is 0 Å². The summed E-state index contributed by atoms with van der Waals surface area (Å²) in [4.78, 5) is 11.2. The first kappa shape index (κ1) is 11.4. The van der Waals surface area contributed by atoms with E-state index in [2.05, 4.69) is 5.10 Å².